The molecule has 1 amide bonds. The average molecular weight is 553 g/mol. The van der Waals surface area contributed by atoms with Gasteiger partial charge in [-0.05, 0) is 38.8 Å². The number of fused-ring (bicyclic) bond motifs is 1. The highest BCUT2D eigenvalue weighted by Crippen LogP contribution is 2.16. The molecule has 0 bridgehead atoms. The number of aromatic nitrogens is 2. The lowest BCUT2D eigenvalue weighted by molar-refractivity contribution is -0.135. The largest absolute Gasteiger partial charge is 0.357 e. The molecule has 2 saturated heterocycles. The molecule has 0 aliphatic carbocycles. The Balaban J connectivity index is 0.00000289. The lowest BCUT2D eigenvalue weighted by atomic mass is 10.2. The number of hydrogen-bond donors (Lipinski definition) is 1. The third-order valence-corrected chi connectivity index (χ3v) is 6.52. The van der Waals surface area contributed by atoms with E-state index in [-0.39, 0.29) is 35.9 Å². The normalized spacial score (nSPS) is 18.7. The molecule has 176 valence electrons. The van der Waals surface area contributed by atoms with Gasteiger partial charge in [0.15, 0.2) is 5.96 Å². The summed E-state index contributed by atoms with van der Waals surface area (Å²) in [6, 6.07) is 8.14. The van der Waals surface area contributed by atoms with Crippen molar-refractivity contribution in [2.75, 3.05) is 45.8 Å². The third kappa shape index (κ3) is 5.36. The summed E-state index contributed by atoms with van der Waals surface area (Å²) in [7, 11) is 2.05. The summed E-state index contributed by atoms with van der Waals surface area (Å²) in [4.78, 5) is 29.0. The Labute approximate surface area is 208 Å². The van der Waals surface area contributed by atoms with E-state index in [9.17, 15) is 4.79 Å². The summed E-state index contributed by atoms with van der Waals surface area (Å²) >= 11 is 0. The van der Waals surface area contributed by atoms with Crippen molar-refractivity contribution in [3.63, 3.8) is 0 Å². The van der Waals surface area contributed by atoms with Crippen LogP contribution in [0.4, 0.5) is 0 Å². The average Bonchev–Trinajstić information content (AvgIpc) is 3.45. The van der Waals surface area contributed by atoms with E-state index < -0.39 is 0 Å². The van der Waals surface area contributed by atoms with Gasteiger partial charge in [0.05, 0.1) is 17.1 Å². The number of imidazole rings is 1. The number of hydrogen-bond acceptors (Lipinski definition) is 4. The Hall–Kier alpha value is -1.88. The number of carbonyl (C=O) groups is 1. The van der Waals surface area contributed by atoms with Crippen LogP contribution in [0.1, 0.15) is 32.5 Å². The van der Waals surface area contributed by atoms with Crippen molar-refractivity contribution >= 4 is 46.9 Å². The second-order valence-corrected chi connectivity index (χ2v) is 8.48. The summed E-state index contributed by atoms with van der Waals surface area (Å²) in [5.74, 6) is 2.17. The van der Waals surface area contributed by atoms with Gasteiger partial charge in [0.2, 0.25) is 5.91 Å². The number of aliphatic imine (C=N–C) groups is 1. The van der Waals surface area contributed by atoms with Gasteiger partial charge < -0.3 is 19.7 Å². The maximum absolute atomic E-state index is 12.8. The number of nitrogens with one attached hydrogen (secondary N) is 1. The number of piperazine rings is 1. The number of benzene rings is 1. The molecule has 9 heteroatoms. The number of halogens is 1. The zero-order valence-electron chi connectivity index (χ0n) is 19.5. The Morgan fingerprint density at radius 2 is 1.78 bits per heavy atom. The fraction of sp³-hybridized carbons (Fsp3) is 0.609. The first-order valence-electron chi connectivity index (χ1n) is 11.5. The number of carbonyl (C=O) groups excluding carboxylic acids is 1. The van der Waals surface area contributed by atoms with Gasteiger partial charge in [0.25, 0.3) is 0 Å². The zero-order chi connectivity index (χ0) is 21.8. The highest BCUT2D eigenvalue weighted by atomic mass is 127. The molecule has 2 fully saturated rings. The first-order valence-corrected chi connectivity index (χ1v) is 11.5. The first-order chi connectivity index (χ1) is 15.1. The monoisotopic (exact) mass is 553 g/mol. The van der Waals surface area contributed by atoms with Crippen molar-refractivity contribution in [2.24, 2.45) is 12.0 Å². The van der Waals surface area contributed by atoms with Gasteiger partial charge in [0.1, 0.15) is 12.4 Å². The standard InChI is InChI=1S/C23H35N7O.HI/c1-4-24-23(25-17-21-26-19-9-5-6-10-20(19)27(21)3)30-15-13-28(14-16-30)18(2)22(31)29-11-7-8-12-29;/h5-6,9-10,18H,4,7-8,11-17H2,1-3H3,(H,24,25);1H. The molecule has 1 atom stereocenters. The molecule has 8 nitrogen and oxygen atoms in total. The molecule has 4 rings (SSSR count). The van der Waals surface area contributed by atoms with Crippen LogP contribution in [-0.4, -0.2) is 88.0 Å². The molecule has 0 radical (unpaired) electrons. The van der Waals surface area contributed by atoms with E-state index in [0.29, 0.717) is 6.54 Å². The molecule has 0 saturated carbocycles. The number of aryl methyl sites for hydroxylation is 1. The Morgan fingerprint density at radius 3 is 2.44 bits per heavy atom. The molecule has 32 heavy (non-hydrogen) atoms. The summed E-state index contributed by atoms with van der Waals surface area (Å²) in [6.45, 7) is 10.8. The molecule has 1 unspecified atom stereocenters. The second-order valence-electron chi connectivity index (χ2n) is 8.48. The van der Waals surface area contributed by atoms with E-state index in [0.717, 1.165) is 81.5 Å². The summed E-state index contributed by atoms with van der Waals surface area (Å²) in [5.41, 5.74) is 2.13. The maximum Gasteiger partial charge on any atom is 0.239 e. The molecular formula is C23H36IN7O. The number of likely N-dealkylation sites (tertiary alicyclic amines) is 1. The minimum absolute atomic E-state index is 0. The molecule has 2 aromatic rings. The number of nitrogens with zero attached hydrogens (tertiary/aromatic N) is 6. The second kappa shape index (κ2) is 11.3. The van der Waals surface area contributed by atoms with E-state index in [1.165, 1.54) is 0 Å². The van der Waals surface area contributed by atoms with Gasteiger partial charge in [-0.2, -0.15) is 0 Å². The molecular weight excluding hydrogens is 517 g/mol. The van der Waals surface area contributed by atoms with Gasteiger partial charge in [-0.25, -0.2) is 9.98 Å². The predicted molar refractivity (Wildman–Crippen MR) is 139 cm³/mol. The lowest BCUT2D eigenvalue weighted by Gasteiger charge is -2.39. The fourth-order valence-electron chi connectivity index (χ4n) is 4.59. The molecule has 1 N–H and O–H groups in total. The van der Waals surface area contributed by atoms with Crippen molar-refractivity contribution in [1.82, 2.24) is 29.6 Å². The van der Waals surface area contributed by atoms with Crippen LogP contribution < -0.4 is 5.32 Å². The van der Waals surface area contributed by atoms with E-state index in [1.54, 1.807) is 0 Å². The topological polar surface area (TPSA) is 69.0 Å². The summed E-state index contributed by atoms with van der Waals surface area (Å²) in [6.07, 6.45) is 2.28. The van der Waals surface area contributed by atoms with Crippen molar-refractivity contribution in [2.45, 2.75) is 39.3 Å². The molecule has 3 heterocycles. The molecule has 2 aliphatic rings. The number of guanidine groups is 1. The van der Waals surface area contributed by atoms with Crippen molar-refractivity contribution in [3.05, 3.63) is 30.1 Å². The van der Waals surface area contributed by atoms with Crippen molar-refractivity contribution in [3.8, 4) is 0 Å². The van der Waals surface area contributed by atoms with Crippen LogP contribution in [0.15, 0.2) is 29.3 Å². The fourth-order valence-corrected chi connectivity index (χ4v) is 4.59. The van der Waals surface area contributed by atoms with Crippen LogP contribution >= 0.6 is 24.0 Å². The number of para-hydroxylation sites is 2. The quantitative estimate of drug-likeness (QED) is 0.350. The smallest absolute Gasteiger partial charge is 0.239 e. The van der Waals surface area contributed by atoms with E-state index in [4.69, 9.17) is 9.98 Å². The number of amides is 1. The Morgan fingerprint density at radius 1 is 1.09 bits per heavy atom. The SMILES string of the molecule is CCNC(=NCc1nc2ccccc2n1C)N1CCN(C(C)C(=O)N2CCCC2)CC1.I. The van der Waals surface area contributed by atoms with Gasteiger partial charge in [0, 0.05) is 52.9 Å². The van der Waals surface area contributed by atoms with Crippen LogP contribution in [0.5, 0.6) is 0 Å². The maximum atomic E-state index is 12.8. The van der Waals surface area contributed by atoms with E-state index >= 15 is 0 Å². The minimum atomic E-state index is -0.0419. The molecule has 2 aliphatic heterocycles. The summed E-state index contributed by atoms with van der Waals surface area (Å²) < 4.78 is 2.12. The summed E-state index contributed by atoms with van der Waals surface area (Å²) in [5, 5.41) is 3.43. The van der Waals surface area contributed by atoms with Gasteiger partial charge in [-0.1, -0.05) is 12.1 Å². The van der Waals surface area contributed by atoms with Crippen molar-refractivity contribution in [1.29, 1.82) is 0 Å². The van der Waals surface area contributed by atoms with E-state index in [1.807, 2.05) is 30.1 Å². The van der Waals surface area contributed by atoms with E-state index in [2.05, 4.69) is 39.6 Å². The Bertz CT molecular complexity index is 930. The molecule has 1 aromatic carbocycles. The van der Waals surface area contributed by atoms with Crippen molar-refractivity contribution < 1.29 is 4.79 Å². The van der Waals surface area contributed by atoms with Crippen LogP contribution in [-0.2, 0) is 18.4 Å². The minimum Gasteiger partial charge on any atom is -0.357 e. The Kier molecular flexibility index (Phi) is 8.75. The molecule has 1 aromatic heterocycles. The number of rotatable bonds is 5. The predicted octanol–water partition coefficient (Wildman–Crippen LogP) is 2.29. The van der Waals surface area contributed by atoms with Crippen LogP contribution in [0, 0.1) is 0 Å². The highest BCUT2D eigenvalue weighted by Gasteiger charge is 2.30. The highest BCUT2D eigenvalue weighted by molar-refractivity contribution is 14.0. The zero-order valence-corrected chi connectivity index (χ0v) is 21.8. The third-order valence-electron chi connectivity index (χ3n) is 6.52. The molecule has 0 spiro atoms. The van der Waals surface area contributed by atoms with Gasteiger partial charge >= 0.3 is 0 Å². The van der Waals surface area contributed by atoms with Crippen LogP contribution in [0.3, 0.4) is 0 Å². The van der Waals surface area contributed by atoms with Gasteiger partial charge in [-0.3, -0.25) is 9.69 Å². The van der Waals surface area contributed by atoms with Crippen LogP contribution in [0.2, 0.25) is 0 Å². The lowest BCUT2D eigenvalue weighted by Crippen LogP contribution is -2.57. The first kappa shape index (κ1) is 24.8. The van der Waals surface area contributed by atoms with Crippen LogP contribution in [0.25, 0.3) is 11.0 Å². The van der Waals surface area contributed by atoms with Gasteiger partial charge in [-0.15, -0.1) is 24.0 Å².